The Kier molecular flexibility index (Phi) is 3.54. The second kappa shape index (κ2) is 5.68. The summed E-state index contributed by atoms with van der Waals surface area (Å²) in [6.45, 7) is 4.80. The van der Waals surface area contributed by atoms with E-state index >= 15 is 0 Å². The van der Waals surface area contributed by atoms with Crippen LogP contribution in [0.4, 0.5) is 0 Å². The third-order valence-electron chi connectivity index (χ3n) is 4.70. The van der Waals surface area contributed by atoms with Gasteiger partial charge < -0.3 is 4.57 Å². The Labute approximate surface area is 129 Å². The number of likely N-dealkylation sites (tertiary alicyclic amines) is 1. The molecule has 0 aromatic carbocycles. The minimum atomic E-state index is -0.0109. The molecule has 1 saturated heterocycles. The van der Waals surface area contributed by atoms with E-state index in [1.54, 1.807) is 23.0 Å². The normalized spacial score (nSPS) is 18.9. The third kappa shape index (κ3) is 2.59. The lowest BCUT2D eigenvalue weighted by Crippen LogP contribution is -2.49. The largest absolute Gasteiger partial charge is 0.331 e. The van der Waals surface area contributed by atoms with Crippen molar-refractivity contribution in [3.05, 3.63) is 46.4 Å². The van der Waals surface area contributed by atoms with Crippen molar-refractivity contribution in [2.45, 2.75) is 38.9 Å². The molecule has 0 amide bonds. The van der Waals surface area contributed by atoms with E-state index in [1.807, 2.05) is 6.20 Å². The van der Waals surface area contributed by atoms with Gasteiger partial charge in [0, 0.05) is 49.7 Å². The summed E-state index contributed by atoms with van der Waals surface area (Å²) in [4.78, 5) is 18.7. The van der Waals surface area contributed by atoms with Crippen LogP contribution in [0.2, 0.25) is 0 Å². The number of aromatic nitrogens is 4. The highest BCUT2D eigenvalue weighted by atomic mass is 16.1. The van der Waals surface area contributed by atoms with E-state index in [9.17, 15) is 4.79 Å². The number of rotatable bonds is 4. The maximum absolute atomic E-state index is 11.7. The molecule has 6 nitrogen and oxygen atoms in total. The van der Waals surface area contributed by atoms with E-state index in [0.717, 1.165) is 39.1 Å². The van der Waals surface area contributed by atoms with Gasteiger partial charge in [-0.15, -0.1) is 0 Å². The van der Waals surface area contributed by atoms with Gasteiger partial charge >= 0.3 is 0 Å². The summed E-state index contributed by atoms with van der Waals surface area (Å²) < 4.78 is 3.96. The van der Waals surface area contributed by atoms with Crippen molar-refractivity contribution in [3.63, 3.8) is 0 Å². The van der Waals surface area contributed by atoms with Crippen LogP contribution < -0.4 is 5.56 Å². The number of hydrogen-bond acceptors (Lipinski definition) is 4. The Hall–Kier alpha value is -1.95. The van der Waals surface area contributed by atoms with Crippen molar-refractivity contribution in [1.82, 2.24) is 24.2 Å². The molecule has 0 atom stereocenters. The summed E-state index contributed by atoms with van der Waals surface area (Å²) >= 11 is 0. The lowest BCUT2D eigenvalue weighted by molar-refractivity contribution is 0.0726. The minimum absolute atomic E-state index is 0.0109. The Morgan fingerprint density at radius 3 is 3.05 bits per heavy atom. The van der Waals surface area contributed by atoms with Gasteiger partial charge in [-0.05, 0) is 25.3 Å². The Morgan fingerprint density at radius 1 is 1.27 bits per heavy atom. The number of hydrogen-bond donors (Lipinski definition) is 0. The quantitative estimate of drug-likeness (QED) is 0.842. The summed E-state index contributed by atoms with van der Waals surface area (Å²) in [5.41, 5.74) is 1.38. The molecular formula is C16H21N5O. The first kappa shape index (κ1) is 13.7. The summed E-state index contributed by atoms with van der Waals surface area (Å²) in [7, 11) is 0. The lowest BCUT2D eigenvalue weighted by Gasteiger charge is -2.39. The molecule has 2 aliphatic heterocycles. The van der Waals surface area contributed by atoms with Gasteiger partial charge in [0.2, 0.25) is 0 Å². The van der Waals surface area contributed by atoms with Crippen LogP contribution in [0.5, 0.6) is 0 Å². The van der Waals surface area contributed by atoms with Crippen LogP contribution in [-0.2, 0) is 26.1 Å². The van der Waals surface area contributed by atoms with Gasteiger partial charge in [-0.2, -0.15) is 5.10 Å². The minimum Gasteiger partial charge on any atom is -0.331 e. The van der Waals surface area contributed by atoms with E-state index in [2.05, 4.69) is 19.5 Å². The van der Waals surface area contributed by atoms with Crippen LogP contribution >= 0.6 is 0 Å². The van der Waals surface area contributed by atoms with Gasteiger partial charge in [-0.1, -0.05) is 0 Å². The van der Waals surface area contributed by atoms with E-state index in [4.69, 9.17) is 0 Å². The molecule has 2 aromatic heterocycles. The molecule has 0 saturated carbocycles. The van der Waals surface area contributed by atoms with Crippen molar-refractivity contribution >= 4 is 0 Å². The predicted molar refractivity (Wildman–Crippen MR) is 82.4 cm³/mol. The smallest absolute Gasteiger partial charge is 0.266 e. The molecule has 0 aliphatic carbocycles. The van der Waals surface area contributed by atoms with Gasteiger partial charge in [0.05, 0.1) is 13.1 Å². The highest BCUT2D eigenvalue weighted by molar-refractivity contribution is 5.08. The molecule has 0 spiro atoms. The van der Waals surface area contributed by atoms with Gasteiger partial charge in [0.1, 0.15) is 5.82 Å². The lowest BCUT2D eigenvalue weighted by atomic mass is 10.0. The maximum Gasteiger partial charge on any atom is 0.266 e. The summed E-state index contributed by atoms with van der Waals surface area (Å²) in [5.74, 6) is 1.71. The van der Waals surface area contributed by atoms with Gasteiger partial charge in [0.25, 0.3) is 5.56 Å². The van der Waals surface area contributed by atoms with Gasteiger partial charge in [0.15, 0.2) is 0 Å². The first-order valence-corrected chi connectivity index (χ1v) is 8.07. The molecule has 0 unspecified atom stereocenters. The molecular weight excluding hydrogens is 278 g/mol. The van der Waals surface area contributed by atoms with Crippen molar-refractivity contribution in [2.24, 2.45) is 5.92 Å². The van der Waals surface area contributed by atoms with E-state index in [-0.39, 0.29) is 5.56 Å². The fourth-order valence-corrected chi connectivity index (χ4v) is 3.52. The topological polar surface area (TPSA) is 56.0 Å². The monoisotopic (exact) mass is 299 g/mol. The second-order valence-electron chi connectivity index (χ2n) is 6.38. The van der Waals surface area contributed by atoms with Crippen LogP contribution in [0.3, 0.4) is 0 Å². The Balaban J connectivity index is 1.33. The zero-order valence-corrected chi connectivity index (χ0v) is 12.7. The molecule has 0 radical (unpaired) electrons. The molecule has 2 aromatic rings. The molecule has 2 aliphatic rings. The molecule has 116 valence electrons. The van der Waals surface area contributed by atoms with E-state index < -0.39 is 0 Å². The molecule has 4 rings (SSSR count). The highest BCUT2D eigenvalue weighted by Gasteiger charge is 2.29. The summed E-state index contributed by atoms with van der Waals surface area (Å²) in [6, 6.07) is 3.26. The zero-order valence-electron chi connectivity index (χ0n) is 12.7. The molecule has 0 bridgehead atoms. The number of aryl methyl sites for hydroxylation is 1. The zero-order chi connectivity index (χ0) is 14.9. The molecule has 1 fully saturated rings. The fourth-order valence-electron chi connectivity index (χ4n) is 3.52. The predicted octanol–water partition coefficient (Wildman–Crippen LogP) is 0.908. The average molecular weight is 299 g/mol. The Morgan fingerprint density at radius 2 is 2.18 bits per heavy atom. The molecule has 0 N–H and O–H groups in total. The summed E-state index contributed by atoms with van der Waals surface area (Å²) in [5, 5.41) is 4.13. The van der Waals surface area contributed by atoms with Crippen LogP contribution in [0.25, 0.3) is 0 Å². The number of fused-ring (bicyclic) bond motifs is 1. The van der Waals surface area contributed by atoms with Crippen molar-refractivity contribution in [1.29, 1.82) is 0 Å². The van der Waals surface area contributed by atoms with E-state index in [0.29, 0.717) is 5.92 Å². The van der Waals surface area contributed by atoms with Crippen LogP contribution in [-0.4, -0.2) is 37.3 Å². The van der Waals surface area contributed by atoms with Gasteiger partial charge in [-0.25, -0.2) is 9.67 Å². The van der Waals surface area contributed by atoms with Crippen molar-refractivity contribution < 1.29 is 0 Å². The SMILES string of the molecule is O=c1cccnn1CC1CN(Cc2ncc3n2CCCC3)C1. The van der Waals surface area contributed by atoms with Crippen LogP contribution in [0.1, 0.15) is 24.4 Å². The van der Waals surface area contributed by atoms with Crippen molar-refractivity contribution in [2.75, 3.05) is 13.1 Å². The van der Waals surface area contributed by atoms with Crippen LogP contribution in [0.15, 0.2) is 29.3 Å². The second-order valence-corrected chi connectivity index (χ2v) is 6.38. The molecule has 4 heterocycles. The van der Waals surface area contributed by atoms with Crippen LogP contribution in [0, 0.1) is 5.92 Å². The number of imidazole rings is 1. The fraction of sp³-hybridized carbons (Fsp3) is 0.562. The molecule has 6 heteroatoms. The first-order chi connectivity index (χ1) is 10.8. The first-order valence-electron chi connectivity index (χ1n) is 8.07. The maximum atomic E-state index is 11.7. The van der Waals surface area contributed by atoms with Gasteiger partial charge in [-0.3, -0.25) is 9.69 Å². The van der Waals surface area contributed by atoms with Crippen molar-refractivity contribution in [3.8, 4) is 0 Å². The Bertz CT molecular complexity index is 713. The standard InChI is InChI=1S/C16H21N5O/c22-16-5-3-6-18-21(16)11-13-9-19(10-13)12-15-17-8-14-4-1-2-7-20(14)15/h3,5-6,8,13H,1-2,4,7,9-12H2. The molecule has 22 heavy (non-hydrogen) atoms. The average Bonchev–Trinajstić information content (AvgIpc) is 2.90. The highest BCUT2D eigenvalue weighted by Crippen LogP contribution is 2.22. The summed E-state index contributed by atoms with van der Waals surface area (Å²) in [6.07, 6.45) is 7.43. The van der Waals surface area contributed by atoms with E-state index in [1.165, 1.54) is 24.4 Å². The number of nitrogens with zero attached hydrogens (tertiary/aromatic N) is 5. The third-order valence-corrected chi connectivity index (χ3v) is 4.70.